The number of nitrogens with one attached hydrogen (secondary N) is 1. The van der Waals surface area contributed by atoms with Crippen molar-refractivity contribution in [3.8, 4) is 0 Å². The highest BCUT2D eigenvalue weighted by Crippen LogP contribution is 2.33. The summed E-state index contributed by atoms with van der Waals surface area (Å²) in [6, 6.07) is 16.9. The van der Waals surface area contributed by atoms with E-state index in [-0.39, 0.29) is 6.04 Å². The first kappa shape index (κ1) is 19.2. The lowest BCUT2D eigenvalue weighted by atomic mass is 9.97. The zero-order valence-corrected chi connectivity index (χ0v) is 16.7. The lowest BCUT2D eigenvalue weighted by Crippen LogP contribution is -2.14. The molecule has 4 rings (SSSR count). The Bertz CT molecular complexity index is 1030. The van der Waals surface area contributed by atoms with Gasteiger partial charge in [-0.15, -0.1) is 0 Å². The molecule has 5 heteroatoms. The van der Waals surface area contributed by atoms with Crippen LogP contribution in [0.5, 0.6) is 0 Å². The highest BCUT2D eigenvalue weighted by atomic mass is 16.4. The van der Waals surface area contributed by atoms with Crippen LogP contribution in [0.2, 0.25) is 0 Å². The van der Waals surface area contributed by atoms with Gasteiger partial charge in [-0.2, -0.15) is 0 Å². The third-order valence-corrected chi connectivity index (χ3v) is 5.69. The van der Waals surface area contributed by atoms with E-state index in [4.69, 9.17) is 0 Å². The second-order valence-corrected chi connectivity index (χ2v) is 7.59. The van der Waals surface area contributed by atoms with E-state index in [1.165, 1.54) is 22.9 Å². The number of carboxylic acid groups (broad SMARTS) is 1. The summed E-state index contributed by atoms with van der Waals surface area (Å²) in [5.41, 5.74) is 7.30. The Hall–Kier alpha value is -3.18. The Morgan fingerprint density at radius 2 is 1.93 bits per heavy atom. The van der Waals surface area contributed by atoms with Gasteiger partial charge in [0.25, 0.3) is 0 Å². The second kappa shape index (κ2) is 8.05. The summed E-state index contributed by atoms with van der Waals surface area (Å²) in [7, 11) is 2.09. The van der Waals surface area contributed by atoms with Gasteiger partial charge in [-0.3, -0.25) is 4.98 Å². The fraction of sp³-hybridized carbons (Fsp3) is 0.250. The van der Waals surface area contributed by atoms with Crippen molar-refractivity contribution in [2.75, 3.05) is 11.9 Å². The van der Waals surface area contributed by atoms with E-state index >= 15 is 0 Å². The minimum absolute atomic E-state index is 0.227. The molecule has 1 aliphatic heterocycles. The molecule has 1 atom stereocenters. The highest BCUT2D eigenvalue weighted by Gasteiger charge is 2.23. The third-order valence-electron chi connectivity index (χ3n) is 5.69. The number of anilines is 2. The fourth-order valence-electron chi connectivity index (χ4n) is 3.95. The van der Waals surface area contributed by atoms with Crippen LogP contribution < -0.4 is 10.2 Å². The van der Waals surface area contributed by atoms with Gasteiger partial charge in [-0.25, -0.2) is 4.79 Å². The van der Waals surface area contributed by atoms with E-state index in [0.29, 0.717) is 12.0 Å². The van der Waals surface area contributed by atoms with Gasteiger partial charge in [0.1, 0.15) is 0 Å². The zero-order valence-electron chi connectivity index (χ0n) is 16.7. The summed E-state index contributed by atoms with van der Waals surface area (Å²) in [5, 5.41) is 12.9. The maximum Gasteiger partial charge on any atom is 0.336 e. The average Bonchev–Trinajstić information content (AvgIpc) is 3.14. The number of aromatic nitrogens is 1. The Balaban J connectivity index is 1.49. The number of carbonyl (C=O) groups is 1. The summed E-state index contributed by atoms with van der Waals surface area (Å²) < 4.78 is 0. The van der Waals surface area contributed by atoms with Crippen molar-refractivity contribution in [1.29, 1.82) is 0 Å². The van der Waals surface area contributed by atoms with Crippen molar-refractivity contribution in [1.82, 2.24) is 10.3 Å². The van der Waals surface area contributed by atoms with Gasteiger partial charge in [0.15, 0.2) is 0 Å². The smallest absolute Gasteiger partial charge is 0.336 e. The van der Waals surface area contributed by atoms with Crippen molar-refractivity contribution in [2.45, 2.75) is 32.4 Å². The SMILES string of the molecule is Cc1ccc(N(C)c2ccc3c(c2)CN[C@H]3CCc2cnccc2C(=O)O)cc1. The minimum atomic E-state index is -0.897. The number of carboxylic acids is 1. The summed E-state index contributed by atoms with van der Waals surface area (Å²) >= 11 is 0. The number of fused-ring (bicyclic) bond motifs is 1. The molecule has 1 aliphatic rings. The molecule has 0 spiro atoms. The van der Waals surface area contributed by atoms with Crippen molar-refractivity contribution in [3.63, 3.8) is 0 Å². The first-order valence-corrected chi connectivity index (χ1v) is 9.85. The van der Waals surface area contributed by atoms with Gasteiger partial charge in [0, 0.05) is 43.4 Å². The maximum atomic E-state index is 11.4. The van der Waals surface area contributed by atoms with Crippen LogP contribution in [-0.4, -0.2) is 23.1 Å². The Kier molecular flexibility index (Phi) is 5.32. The average molecular weight is 387 g/mol. The second-order valence-electron chi connectivity index (χ2n) is 7.59. The molecule has 0 aliphatic carbocycles. The Labute approximate surface area is 171 Å². The fourth-order valence-corrected chi connectivity index (χ4v) is 3.95. The van der Waals surface area contributed by atoms with Gasteiger partial charge in [-0.05, 0) is 66.8 Å². The largest absolute Gasteiger partial charge is 0.478 e. The van der Waals surface area contributed by atoms with Crippen molar-refractivity contribution < 1.29 is 9.90 Å². The predicted molar refractivity (Wildman–Crippen MR) is 115 cm³/mol. The van der Waals surface area contributed by atoms with Crippen LogP contribution in [0.4, 0.5) is 11.4 Å². The van der Waals surface area contributed by atoms with Crippen molar-refractivity contribution in [2.24, 2.45) is 0 Å². The molecule has 0 saturated heterocycles. The molecule has 29 heavy (non-hydrogen) atoms. The molecule has 2 N–H and O–H groups in total. The van der Waals surface area contributed by atoms with E-state index in [2.05, 4.69) is 71.6 Å². The van der Waals surface area contributed by atoms with E-state index in [0.717, 1.165) is 29.9 Å². The van der Waals surface area contributed by atoms with Crippen LogP contribution in [0.1, 0.15) is 45.1 Å². The van der Waals surface area contributed by atoms with Gasteiger partial charge in [0.2, 0.25) is 0 Å². The third kappa shape index (κ3) is 4.00. The van der Waals surface area contributed by atoms with Crippen LogP contribution in [0.15, 0.2) is 60.9 Å². The van der Waals surface area contributed by atoms with Gasteiger partial charge in [0.05, 0.1) is 5.56 Å². The molecule has 0 amide bonds. The molecule has 2 heterocycles. The van der Waals surface area contributed by atoms with Crippen LogP contribution in [0, 0.1) is 6.92 Å². The molecule has 0 fully saturated rings. The molecule has 1 aromatic heterocycles. The maximum absolute atomic E-state index is 11.4. The number of hydrogen-bond donors (Lipinski definition) is 2. The Morgan fingerprint density at radius 3 is 2.69 bits per heavy atom. The highest BCUT2D eigenvalue weighted by molar-refractivity contribution is 5.89. The van der Waals surface area contributed by atoms with Crippen LogP contribution in [0.3, 0.4) is 0 Å². The number of benzene rings is 2. The molecule has 148 valence electrons. The first-order chi connectivity index (χ1) is 14.0. The molecule has 0 saturated carbocycles. The molecular weight excluding hydrogens is 362 g/mol. The lowest BCUT2D eigenvalue weighted by molar-refractivity contribution is 0.0695. The van der Waals surface area contributed by atoms with Crippen LogP contribution >= 0.6 is 0 Å². The molecular formula is C24H25N3O2. The normalized spacial score (nSPS) is 15.2. The van der Waals surface area contributed by atoms with E-state index in [9.17, 15) is 9.90 Å². The monoisotopic (exact) mass is 387 g/mol. The summed E-state index contributed by atoms with van der Waals surface area (Å²) in [4.78, 5) is 17.7. The molecule has 5 nitrogen and oxygen atoms in total. The molecule has 2 aromatic carbocycles. The van der Waals surface area contributed by atoms with Gasteiger partial charge < -0.3 is 15.3 Å². The molecule has 0 radical (unpaired) electrons. The molecule has 3 aromatic rings. The number of rotatable bonds is 6. The number of nitrogens with zero attached hydrogens (tertiary/aromatic N) is 2. The van der Waals surface area contributed by atoms with Gasteiger partial charge in [-0.1, -0.05) is 23.8 Å². The van der Waals surface area contributed by atoms with Crippen LogP contribution in [-0.2, 0) is 13.0 Å². The quantitative estimate of drug-likeness (QED) is 0.645. The van der Waals surface area contributed by atoms with Crippen molar-refractivity contribution in [3.05, 3.63) is 88.7 Å². The molecule has 0 unspecified atom stereocenters. The standard InChI is InChI=1S/C24H25N3O2/c1-16-3-6-19(7-4-16)27(2)20-8-9-21-18(13-20)15-26-23(21)10-5-17-14-25-12-11-22(17)24(28)29/h3-4,6-9,11-14,23,26H,5,10,15H2,1-2H3,(H,28,29)/t23-/m0/s1. The topological polar surface area (TPSA) is 65.5 Å². The Morgan fingerprint density at radius 1 is 1.17 bits per heavy atom. The number of aryl methyl sites for hydroxylation is 2. The predicted octanol–water partition coefficient (Wildman–Crippen LogP) is 4.63. The zero-order chi connectivity index (χ0) is 20.4. The summed E-state index contributed by atoms with van der Waals surface area (Å²) in [6.45, 7) is 2.92. The number of aromatic carboxylic acids is 1. The van der Waals surface area contributed by atoms with E-state index < -0.39 is 5.97 Å². The minimum Gasteiger partial charge on any atom is -0.478 e. The number of hydrogen-bond acceptors (Lipinski definition) is 4. The summed E-state index contributed by atoms with van der Waals surface area (Å²) in [6.07, 6.45) is 4.71. The summed E-state index contributed by atoms with van der Waals surface area (Å²) in [5.74, 6) is -0.897. The van der Waals surface area contributed by atoms with Crippen LogP contribution in [0.25, 0.3) is 0 Å². The van der Waals surface area contributed by atoms with Gasteiger partial charge >= 0.3 is 5.97 Å². The number of pyridine rings is 1. The first-order valence-electron chi connectivity index (χ1n) is 9.85. The van der Waals surface area contributed by atoms with E-state index in [1.54, 1.807) is 12.3 Å². The van der Waals surface area contributed by atoms with E-state index in [1.807, 2.05) is 0 Å². The molecule has 0 bridgehead atoms. The van der Waals surface area contributed by atoms with Crippen molar-refractivity contribution >= 4 is 17.3 Å². The lowest BCUT2D eigenvalue weighted by Gasteiger charge is -2.21.